The van der Waals surface area contributed by atoms with Crippen LogP contribution in [0, 0.1) is 17.8 Å². The number of rotatable bonds is 5. The first-order valence-electron chi connectivity index (χ1n) is 5.33. The van der Waals surface area contributed by atoms with E-state index in [0.29, 0.717) is 6.79 Å². The second kappa shape index (κ2) is 5.42. The standard InChI is InChI=1S/C12H20O3/c1-8(2)10-5-12(15-7-14-4)9(3)11(10)6-13/h6,9-12H,1,5,7H2,2-4H3. The molecule has 3 nitrogen and oxygen atoms in total. The number of hydrogen-bond donors (Lipinski definition) is 0. The highest BCUT2D eigenvalue weighted by molar-refractivity contribution is 5.56. The molecule has 1 fully saturated rings. The van der Waals surface area contributed by atoms with E-state index in [2.05, 4.69) is 13.5 Å². The summed E-state index contributed by atoms with van der Waals surface area (Å²) in [7, 11) is 1.60. The Bertz CT molecular complexity index is 237. The summed E-state index contributed by atoms with van der Waals surface area (Å²) in [5.74, 6) is 0.558. The van der Waals surface area contributed by atoms with Gasteiger partial charge < -0.3 is 14.3 Å². The van der Waals surface area contributed by atoms with Gasteiger partial charge in [0.05, 0.1) is 6.10 Å². The Labute approximate surface area is 91.4 Å². The molecule has 0 aromatic heterocycles. The van der Waals surface area contributed by atoms with Crippen molar-refractivity contribution in [3.05, 3.63) is 12.2 Å². The van der Waals surface area contributed by atoms with Crippen LogP contribution in [0.4, 0.5) is 0 Å². The summed E-state index contributed by atoms with van der Waals surface area (Å²) in [5.41, 5.74) is 1.07. The van der Waals surface area contributed by atoms with Gasteiger partial charge in [-0.15, -0.1) is 0 Å². The second-order valence-electron chi connectivity index (χ2n) is 4.37. The van der Waals surface area contributed by atoms with Crippen molar-refractivity contribution in [2.45, 2.75) is 26.4 Å². The van der Waals surface area contributed by atoms with E-state index in [1.165, 1.54) is 0 Å². The fourth-order valence-electron chi connectivity index (χ4n) is 2.36. The van der Waals surface area contributed by atoms with E-state index >= 15 is 0 Å². The van der Waals surface area contributed by atoms with E-state index in [4.69, 9.17) is 9.47 Å². The van der Waals surface area contributed by atoms with Crippen LogP contribution in [0.25, 0.3) is 0 Å². The molecule has 0 bridgehead atoms. The van der Waals surface area contributed by atoms with Gasteiger partial charge in [0.2, 0.25) is 0 Å². The van der Waals surface area contributed by atoms with Crippen LogP contribution in [0.5, 0.6) is 0 Å². The van der Waals surface area contributed by atoms with Gasteiger partial charge in [0, 0.05) is 13.0 Å². The van der Waals surface area contributed by atoms with Gasteiger partial charge in [0.15, 0.2) is 0 Å². The first kappa shape index (κ1) is 12.4. The summed E-state index contributed by atoms with van der Waals surface area (Å²) in [4.78, 5) is 11.0. The number of carbonyl (C=O) groups is 1. The third-order valence-corrected chi connectivity index (χ3v) is 3.33. The van der Waals surface area contributed by atoms with E-state index in [0.717, 1.165) is 18.3 Å². The lowest BCUT2D eigenvalue weighted by Gasteiger charge is -2.18. The van der Waals surface area contributed by atoms with Crippen molar-refractivity contribution >= 4 is 6.29 Å². The topological polar surface area (TPSA) is 35.5 Å². The second-order valence-corrected chi connectivity index (χ2v) is 4.37. The molecule has 0 amide bonds. The van der Waals surface area contributed by atoms with Crippen LogP contribution in [0.1, 0.15) is 20.3 Å². The van der Waals surface area contributed by atoms with Gasteiger partial charge in [-0.05, 0) is 25.2 Å². The van der Waals surface area contributed by atoms with Crippen LogP contribution < -0.4 is 0 Å². The largest absolute Gasteiger partial charge is 0.359 e. The molecule has 0 heterocycles. The summed E-state index contributed by atoms with van der Waals surface area (Å²) < 4.78 is 10.4. The molecule has 86 valence electrons. The van der Waals surface area contributed by atoms with Crippen LogP contribution in [-0.4, -0.2) is 26.3 Å². The molecule has 0 aliphatic heterocycles. The van der Waals surface area contributed by atoms with E-state index in [9.17, 15) is 4.79 Å². The molecule has 1 saturated carbocycles. The van der Waals surface area contributed by atoms with Crippen molar-refractivity contribution in [1.29, 1.82) is 0 Å². The number of hydrogen-bond acceptors (Lipinski definition) is 3. The first-order chi connectivity index (χ1) is 7.11. The van der Waals surface area contributed by atoms with Gasteiger partial charge in [-0.1, -0.05) is 19.1 Å². The molecule has 0 saturated heterocycles. The third-order valence-electron chi connectivity index (χ3n) is 3.33. The minimum absolute atomic E-state index is 0.0457. The van der Waals surface area contributed by atoms with Gasteiger partial charge in [-0.25, -0.2) is 0 Å². The van der Waals surface area contributed by atoms with Crippen LogP contribution >= 0.6 is 0 Å². The van der Waals surface area contributed by atoms with Crippen molar-refractivity contribution in [1.82, 2.24) is 0 Å². The zero-order valence-corrected chi connectivity index (χ0v) is 9.73. The van der Waals surface area contributed by atoms with E-state index in [1.54, 1.807) is 7.11 Å². The maximum Gasteiger partial charge on any atom is 0.146 e. The zero-order valence-electron chi connectivity index (χ0n) is 9.73. The molecule has 4 unspecified atom stereocenters. The van der Waals surface area contributed by atoms with Crippen molar-refractivity contribution in [3.63, 3.8) is 0 Å². The molecule has 0 aromatic rings. The predicted octanol–water partition coefficient (Wildman–Crippen LogP) is 2.02. The lowest BCUT2D eigenvalue weighted by molar-refractivity contribution is -0.115. The molecule has 3 heteroatoms. The normalized spacial score (nSPS) is 35.4. The van der Waals surface area contributed by atoms with Gasteiger partial charge in [0.25, 0.3) is 0 Å². The van der Waals surface area contributed by atoms with Gasteiger partial charge in [0.1, 0.15) is 13.1 Å². The van der Waals surface area contributed by atoms with E-state index in [1.807, 2.05) is 6.92 Å². The highest BCUT2D eigenvalue weighted by Crippen LogP contribution is 2.40. The van der Waals surface area contributed by atoms with Crippen LogP contribution in [-0.2, 0) is 14.3 Å². The minimum atomic E-state index is 0.0457. The maximum absolute atomic E-state index is 11.0. The SMILES string of the molecule is C=C(C)C1CC(OCOC)C(C)C1C=O. The number of aldehydes is 1. The third kappa shape index (κ3) is 2.67. The fraction of sp³-hybridized carbons (Fsp3) is 0.750. The van der Waals surface area contributed by atoms with E-state index < -0.39 is 0 Å². The van der Waals surface area contributed by atoms with Crippen LogP contribution in [0.2, 0.25) is 0 Å². The van der Waals surface area contributed by atoms with Crippen molar-refractivity contribution < 1.29 is 14.3 Å². The number of allylic oxidation sites excluding steroid dienone is 1. The average Bonchev–Trinajstić information content (AvgIpc) is 2.52. The summed E-state index contributed by atoms with van der Waals surface area (Å²) in [6.45, 7) is 8.27. The Hall–Kier alpha value is -0.670. The Balaban J connectivity index is 2.64. The minimum Gasteiger partial charge on any atom is -0.359 e. The summed E-state index contributed by atoms with van der Waals surface area (Å²) >= 11 is 0. The molecule has 1 rings (SSSR count). The molecule has 4 atom stereocenters. The number of methoxy groups -OCH3 is 1. The van der Waals surface area contributed by atoms with Crippen molar-refractivity contribution in [2.75, 3.05) is 13.9 Å². The van der Waals surface area contributed by atoms with Gasteiger partial charge >= 0.3 is 0 Å². The highest BCUT2D eigenvalue weighted by atomic mass is 16.7. The Morgan fingerprint density at radius 2 is 2.27 bits per heavy atom. The molecule has 1 aliphatic carbocycles. The van der Waals surface area contributed by atoms with Crippen LogP contribution in [0.15, 0.2) is 12.2 Å². The molecular formula is C12H20O3. The summed E-state index contributed by atoms with van der Waals surface area (Å²) in [6, 6.07) is 0. The Morgan fingerprint density at radius 3 is 2.67 bits per heavy atom. The maximum atomic E-state index is 11.0. The van der Waals surface area contributed by atoms with E-state index in [-0.39, 0.29) is 23.9 Å². The quantitative estimate of drug-likeness (QED) is 0.397. The molecule has 15 heavy (non-hydrogen) atoms. The molecule has 0 aromatic carbocycles. The number of carbonyl (C=O) groups excluding carboxylic acids is 1. The van der Waals surface area contributed by atoms with Gasteiger partial charge in [-0.2, -0.15) is 0 Å². The molecule has 0 N–H and O–H groups in total. The average molecular weight is 212 g/mol. The smallest absolute Gasteiger partial charge is 0.146 e. The fourth-order valence-corrected chi connectivity index (χ4v) is 2.36. The zero-order chi connectivity index (χ0) is 11.4. The summed E-state index contributed by atoms with van der Waals surface area (Å²) in [6.07, 6.45) is 2.03. The van der Waals surface area contributed by atoms with Gasteiger partial charge in [-0.3, -0.25) is 0 Å². The highest BCUT2D eigenvalue weighted by Gasteiger charge is 2.41. The first-order valence-corrected chi connectivity index (χ1v) is 5.33. The van der Waals surface area contributed by atoms with Crippen molar-refractivity contribution in [3.8, 4) is 0 Å². The van der Waals surface area contributed by atoms with Crippen LogP contribution in [0.3, 0.4) is 0 Å². The molecule has 0 radical (unpaired) electrons. The molecule has 0 spiro atoms. The summed E-state index contributed by atoms with van der Waals surface area (Å²) in [5, 5.41) is 0. The Kier molecular flexibility index (Phi) is 4.48. The lowest BCUT2D eigenvalue weighted by atomic mass is 9.88. The van der Waals surface area contributed by atoms with Crippen molar-refractivity contribution in [2.24, 2.45) is 17.8 Å². The molecule has 1 aliphatic rings. The predicted molar refractivity (Wildman–Crippen MR) is 58.4 cm³/mol. The Morgan fingerprint density at radius 1 is 1.60 bits per heavy atom. The molecular weight excluding hydrogens is 192 g/mol. The lowest BCUT2D eigenvalue weighted by Crippen LogP contribution is -2.21. The monoisotopic (exact) mass is 212 g/mol. The number of ether oxygens (including phenoxy) is 2.